The van der Waals surface area contributed by atoms with E-state index in [1.807, 2.05) is 14.1 Å². The van der Waals surface area contributed by atoms with Gasteiger partial charge in [-0.15, -0.1) is 0 Å². The molecule has 1 aliphatic heterocycles. The van der Waals surface area contributed by atoms with Gasteiger partial charge in [-0.3, -0.25) is 9.59 Å². The Labute approximate surface area is 107 Å². The van der Waals surface area contributed by atoms with E-state index in [1.54, 1.807) is 0 Å². The molecule has 0 bridgehead atoms. The van der Waals surface area contributed by atoms with Gasteiger partial charge in [-0.25, -0.2) is 0 Å². The summed E-state index contributed by atoms with van der Waals surface area (Å²) < 4.78 is 0.644. The van der Waals surface area contributed by atoms with Gasteiger partial charge >= 0.3 is 0 Å². The first-order valence-corrected chi connectivity index (χ1v) is 6.28. The van der Waals surface area contributed by atoms with Gasteiger partial charge in [0.05, 0.1) is 39.8 Å². The second-order valence-corrected chi connectivity index (χ2v) is 5.41. The van der Waals surface area contributed by atoms with E-state index in [0.717, 1.165) is 6.54 Å². The lowest BCUT2D eigenvalue weighted by atomic mass is 10.1. The first-order chi connectivity index (χ1) is 8.36. The Morgan fingerprint density at radius 2 is 2.22 bits per heavy atom. The second-order valence-electron chi connectivity index (χ2n) is 5.41. The summed E-state index contributed by atoms with van der Waals surface area (Å²) in [5, 5.41) is 20.2. The number of amides is 1. The van der Waals surface area contributed by atoms with E-state index in [0.29, 0.717) is 17.3 Å². The molecule has 0 aliphatic carbocycles. The van der Waals surface area contributed by atoms with Gasteiger partial charge in [-0.2, -0.15) is 0 Å². The van der Waals surface area contributed by atoms with Crippen LogP contribution in [0.15, 0.2) is 0 Å². The number of nitrogens with zero attached hydrogens (tertiary/aromatic N) is 1. The largest absolute Gasteiger partial charge is 0.394 e. The van der Waals surface area contributed by atoms with Crippen LogP contribution in [-0.4, -0.2) is 72.3 Å². The molecule has 0 aromatic carbocycles. The van der Waals surface area contributed by atoms with Gasteiger partial charge < -0.3 is 20.0 Å². The fraction of sp³-hybridized carbons (Fsp3) is 0.833. The fourth-order valence-electron chi connectivity index (χ4n) is 2.27. The van der Waals surface area contributed by atoms with Gasteiger partial charge in [0.25, 0.3) is 0 Å². The number of hydrogen-bond acceptors (Lipinski definition) is 4. The lowest BCUT2D eigenvalue weighted by Gasteiger charge is -2.30. The number of carbonyl (C=O) groups excluding carboxylic acids is 2. The smallest absolute Gasteiger partial charge is 0.220 e. The molecule has 0 saturated carbocycles. The third-order valence-electron chi connectivity index (χ3n) is 3.54. The highest BCUT2D eigenvalue weighted by Crippen LogP contribution is 2.22. The van der Waals surface area contributed by atoms with Crippen LogP contribution in [0.5, 0.6) is 0 Å². The Kier molecular flexibility index (Phi) is 5.25. The van der Waals surface area contributed by atoms with Crippen molar-refractivity contribution >= 4 is 11.7 Å². The summed E-state index contributed by atoms with van der Waals surface area (Å²) in [6.07, 6.45) is 0.473. The van der Waals surface area contributed by atoms with Gasteiger partial charge in [0.15, 0.2) is 5.78 Å². The lowest BCUT2D eigenvalue weighted by Crippen LogP contribution is -2.46. The lowest BCUT2D eigenvalue weighted by molar-refractivity contribution is -0.897. The number of likely N-dealkylation sites (tertiary alicyclic amines) is 1. The van der Waals surface area contributed by atoms with Crippen LogP contribution in [0.2, 0.25) is 0 Å². The molecule has 6 nitrogen and oxygen atoms in total. The zero-order valence-corrected chi connectivity index (χ0v) is 11.1. The minimum Gasteiger partial charge on any atom is -0.394 e. The van der Waals surface area contributed by atoms with Gasteiger partial charge in [-0.05, 0) is 0 Å². The van der Waals surface area contributed by atoms with Crippen LogP contribution in [0.1, 0.15) is 19.3 Å². The second kappa shape index (κ2) is 6.26. The molecule has 1 rings (SSSR count). The summed E-state index contributed by atoms with van der Waals surface area (Å²) >= 11 is 0. The van der Waals surface area contributed by atoms with Crippen LogP contribution in [0.4, 0.5) is 0 Å². The molecule has 1 aliphatic rings. The third kappa shape index (κ3) is 4.04. The maximum absolute atomic E-state index is 11.7. The van der Waals surface area contributed by atoms with Crippen molar-refractivity contribution in [1.29, 1.82) is 0 Å². The van der Waals surface area contributed by atoms with Crippen molar-refractivity contribution in [2.24, 2.45) is 0 Å². The number of ketones is 1. The summed E-state index contributed by atoms with van der Waals surface area (Å²) in [6.45, 7) is 0.506. The maximum Gasteiger partial charge on any atom is 0.220 e. The molecule has 0 aromatic heterocycles. The highest BCUT2D eigenvalue weighted by molar-refractivity contribution is 5.85. The first-order valence-electron chi connectivity index (χ1n) is 6.28. The molecule has 2 unspecified atom stereocenters. The summed E-state index contributed by atoms with van der Waals surface area (Å²) in [7, 11) is 4.01. The minimum absolute atomic E-state index is 0.0478. The Morgan fingerprint density at radius 3 is 2.72 bits per heavy atom. The van der Waals surface area contributed by atoms with E-state index in [4.69, 9.17) is 10.2 Å². The average molecular weight is 259 g/mol. The van der Waals surface area contributed by atoms with E-state index in [1.165, 1.54) is 0 Å². The highest BCUT2D eigenvalue weighted by atomic mass is 16.3. The highest BCUT2D eigenvalue weighted by Gasteiger charge is 2.41. The number of Topliss-reactive ketones (excluding diaryl/α,β-unsaturated/α-hetero) is 1. The Morgan fingerprint density at radius 1 is 1.56 bits per heavy atom. The molecule has 0 radical (unpaired) electrons. The number of quaternary nitrogens is 1. The number of nitrogens with one attached hydrogen (secondary N) is 1. The van der Waals surface area contributed by atoms with Crippen LogP contribution in [0.3, 0.4) is 0 Å². The van der Waals surface area contributed by atoms with Gasteiger partial charge in [0.2, 0.25) is 5.91 Å². The minimum atomic E-state index is -0.922. The number of rotatable bonds is 6. The number of carbonyl (C=O) groups is 2. The molecule has 6 heteroatoms. The SMILES string of the molecule is C[N+]1(C)CCC(=O)C1CCC(=O)NCC(O)CO. The average Bonchev–Trinajstić information content (AvgIpc) is 2.58. The van der Waals surface area contributed by atoms with Crippen molar-refractivity contribution in [3.05, 3.63) is 0 Å². The van der Waals surface area contributed by atoms with E-state index < -0.39 is 6.10 Å². The molecule has 1 heterocycles. The Bertz CT molecular complexity index is 317. The van der Waals surface area contributed by atoms with Crippen molar-refractivity contribution in [3.8, 4) is 0 Å². The summed E-state index contributed by atoms with van der Waals surface area (Å²) in [4.78, 5) is 23.2. The Balaban J connectivity index is 2.32. The molecular formula is C12H23N2O4+. The monoisotopic (exact) mass is 259 g/mol. The van der Waals surface area contributed by atoms with Crippen LogP contribution < -0.4 is 5.32 Å². The summed E-state index contributed by atoms with van der Waals surface area (Å²) in [6, 6.07) is -0.0986. The predicted molar refractivity (Wildman–Crippen MR) is 65.7 cm³/mol. The van der Waals surface area contributed by atoms with Crippen LogP contribution >= 0.6 is 0 Å². The number of aliphatic hydroxyl groups excluding tert-OH is 2. The third-order valence-corrected chi connectivity index (χ3v) is 3.54. The number of hydrogen-bond donors (Lipinski definition) is 3. The summed E-state index contributed by atoms with van der Waals surface area (Å²) in [5.74, 6) is 0.0328. The molecule has 104 valence electrons. The summed E-state index contributed by atoms with van der Waals surface area (Å²) in [5.41, 5.74) is 0. The van der Waals surface area contributed by atoms with Crippen molar-refractivity contribution in [2.75, 3.05) is 33.8 Å². The molecule has 1 fully saturated rings. The maximum atomic E-state index is 11.7. The van der Waals surface area contributed by atoms with Crippen LogP contribution in [-0.2, 0) is 9.59 Å². The van der Waals surface area contributed by atoms with E-state index in [2.05, 4.69) is 5.32 Å². The zero-order valence-electron chi connectivity index (χ0n) is 11.1. The predicted octanol–water partition coefficient (Wildman–Crippen LogP) is -1.35. The Hall–Kier alpha value is -0.980. The van der Waals surface area contributed by atoms with Crippen molar-refractivity contribution in [3.63, 3.8) is 0 Å². The van der Waals surface area contributed by atoms with Gasteiger partial charge in [0, 0.05) is 19.4 Å². The zero-order chi connectivity index (χ0) is 13.8. The number of likely N-dealkylation sites (N-methyl/N-ethyl adjacent to an activating group) is 1. The van der Waals surface area contributed by atoms with Gasteiger partial charge in [0.1, 0.15) is 6.04 Å². The van der Waals surface area contributed by atoms with E-state index >= 15 is 0 Å². The molecule has 18 heavy (non-hydrogen) atoms. The first kappa shape index (κ1) is 15.1. The molecule has 1 amide bonds. The van der Waals surface area contributed by atoms with Crippen LogP contribution in [0.25, 0.3) is 0 Å². The number of aliphatic hydroxyl groups is 2. The van der Waals surface area contributed by atoms with Crippen LogP contribution in [0, 0.1) is 0 Å². The van der Waals surface area contributed by atoms with Crippen molar-refractivity contribution < 1.29 is 24.3 Å². The van der Waals surface area contributed by atoms with Gasteiger partial charge in [-0.1, -0.05) is 0 Å². The normalized spacial score (nSPS) is 24.0. The van der Waals surface area contributed by atoms with E-state index in [9.17, 15) is 9.59 Å². The van der Waals surface area contributed by atoms with Crippen molar-refractivity contribution in [2.45, 2.75) is 31.4 Å². The quantitative estimate of drug-likeness (QED) is 0.515. The molecule has 1 saturated heterocycles. The van der Waals surface area contributed by atoms with Crippen molar-refractivity contribution in [1.82, 2.24) is 5.32 Å². The molecule has 3 N–H and O–H groups in total. The standard InChI is InChI=1S/C12H22N2O4/c1-14(2)6-5-11(17)10(14)3-4-12(18)13-7-9(16)8-15/h9-10,15-16H,3-8H2,1-2H3/p+1. The molecule has 0 aromatic rings. The van der Waals surface area contributed by atoms with E-state index in [-0.39, 0.29) is 37.3 Å². The topological polar surface area (TPSA) is 86.6 Å². The fourth-order valence-corrected chi connectivity index (χ4v) is 2.27. The molecule has 0 spiro atoms. The molecule has 2 atom stereocenters. The molecular weight excluding hydrogens is 236 g/mol.